The SMILES string of the molecule is C[Si](C)(C)OC(=O)CC(CP(=O)(CN1CCCC1=O)O[Si](C)(C)C)C(=O)O[Si](C)(C)C. The molecule has 180 valence electrons. The topological polar surface area (TPSA) is 99.2 Å². The second-order valence-electron chi connectivity index (χ2n) is 11.1. The van der Waals surface area contributed by atoms with Crippen LogP contribution in [0.4, 0.5) is 0 Å². The minimum atomic E-state index is -3.43. The first kappa shape index (κ1) is 28.3. The molecule has 8 nitrogen and oxygen atoms in total. The Kier molecular flexibility index (Phi) is 9.54. The van der Waals surface area contributed by atoms with Crippen molar-refractivity contribution in [3.8, 4) is 0 Å². The molecule has 0 aromatic carbocycles. The van der Waals surface area contributed by atoms with Crippen molar-refractivity contribution < 1.29 is 32.0 Å². The number of likely N-dealkylation sites (tertiary alicyclic amines) is 1. The summed E-state index contributed by atoms with van der Waals surface area (Å²) in [5.41, 5.74) is 0. The fourth-order valence-electron chi connectivity index (χ4n) is 3.26. The molecule has 0 radical (unpaired) electrons. The van der Waals surface area contributed by atoms with E-state index in [0.29, 0.717) is 13.0 Å². The first-order valence-corrected chi connectivity index (χ1v) is 23.0. The van der Waals surface area contributed by atoms with E-state index in [1.54, 1.807) is 4.90 Å². The predicted molar refractivity (Wildman–Crippen MR) is 130 cm³/mol. The standard InChI is InChI=1S/C19H40NO7PSi3/c1-29(2,3)25-18(22)13-16(19(23)26-30(4,5)6)14-28(24,27-31(7,8)9)15-20-12-10-11-17(20)21/h16H,10-15H2,1-9H3. The van der Waals surface area contributed by atoms with Crippen LogP contribution < -0.4 is 0 Å². The highest BCUT2D eigenvalue weighted by molar-refractivity contribution is 7.60. The lowest BCUT2D eigenvalue weighted by Gasteiger charge is -2.32. The summed E-state index contributed by atoms with van der Waals surface area (Å²) in [7, 11) is -10.1. The van der Waals surface area contributed by atoms with Crippen molar-refractivity contribution >= 4 is 50.2 Å². The molecule has 1 aliphatic rings. The number of carbonyl (C=O) groups is 3. The van der Waals surface area contributed by atoms with Gasteiger partial charge in [-0.2, -0.15) is 0 Å². The van der Waals surface area contributed by atoms with Gasteiger partial charge in [0.15, 0.2) is 8.32 Å². The lowest BCUT2D eigenvalue weighted by atomic mass is 10.1. The summed E-state index contributed by atoms with van der Waals surface area (Å²) in [6.07, 6.45) is 0.771. The largest absolute Gasteiger partial charge is 0.520 e. The summed E-state index contributed by atoms with van der Waals surface area (Å²) in [5, 5.41) is 0. The maximum Gasteiger partial charge on any atom is 0.296 e. The molecule has 1 saturated heterocycles. The first-order chi connectivity index (χ1) is 13.8. The summed E-state index contributed by atoms with van der Waals surface area (Å²) in [4.78, 5) is 39.2. The van der Waals surface area contributed by atoms with Crippen molar-refractivity contribution in [1.82, 2.24) is 4.90 Å². The molecule has 1 rings (SSSR count). The second kappa shape index (κ2) is 10.5. The maximum absolute atomic E-state index is 14.0. The molecule has 0 spiro atoms. The predicted octanol–water partition coefficient (Wildman–Crippen LogP) is 4.46. The van der Waals surface area contributed by atoms with Gasteiger partial charge >= 0.3 is 0 Å². The Bertz CT molecular complexity index is 725. The third-order valence-electron chi connectivity index (χ3n) is 4.07. The minimum Gasteiger partial charge on any atom is -0.520 e. The average Bonchev–Trinajstić information content (AvgIpc) is 2.85. The molecule has 2 atom stereocenters. The molecule has 12 heteroatoms. The normalized spacial score (nSPS) is 18.5. The molecule has 0 bridgehead atoms. The van der Waals surface area contributed by atoms with Crippen LogP contribution in [-0.4, -0.2) is 66.7 Å². The maximum atomic E-state index is 14.0. The van der Waals surface area contributed by atoms with Crippen LogP contribution in [0.1, 0.15) is 19.3 Å². The molecule has 1 amide bonds. The van der Waals surface area contributed by atoms with Crippen LogP contribution in [0.3, 0.4) is 0 Å². The molecule has 0 aliphatic carbocycles. The highest BCUT2D eigenvalue weighted by Crippen LogP contribution is 2.52. The molecular formula is C19H40NO7PSi3. The third-order valence-corrected chi connectivity index (χ3v) is 11.0. The summed E-state index contributed by atoms with van der Waals surface area (Å²) in [5.74, 6) is -2.03. The molecule has 2 unspecified atom stereocenters. The van der Waals surface area contributed by atoms with Crippen LogP contribution in [0.25, 0.3) is 0 Å². The lowest BCUT2D eigenvalue weighted by molar-refractivity contribution is -0.145. The molecule has 1 fully saturated rings. The molecule has 1 heterocycles. The Morgan fingerprint density at radius 2 is 1.52 bits per heavy atom. The van der Waals surface area contributed by atoms with Crippen molar-refractivity contribution in [2.24, 2.45) is 5.92 Å². The van der Waals surface area contributed by atoms with Crippen molar-refractivity contribution in [1.29, 1.82) is 0 Å². The number of hydrogen-bond donors (Lipinski definition) is 0. The second-order valence-corrected chi connectivity index (χ2v) is 27.2. The summed E-state index contributed by atoms with van der Waals surface area (Å²) < 4.78 is 31.2. The fourth-order valence-corrected chi connectivity index (χ4v) is 11.2. The van der Waals surface area contributed by atoms with Crippen molar-refractivity contribution in [2.45, 2.75) is 78.2 Å². The number of nitrogens with zero attached hydrogens (tertiary/aromatic N) is 1. The monoisotopic (exact) mass is 509 g/mol. The third kappa shape index (κ3) is 11.6. The van der Waals surface area contributed by atoms with E-state index in [1.165, 1.54) is 0 Å². The van der Waals surface area contributed by atoms with Gasteiger partial charge in [-0.15, -0.1) is 0 Å². The molecule has 0 N–H and O–H groups in total. The van der Waals surface area contributed by atoms with Gasteiger partial charge in [-0.3, -0.25) is 18.9 Å². The zero-order valence-corrected chi connectivity index (χ0v) is 24.5. The molecular weight excluding hydrogens is 469 g/mol. The quantitative estimate of drug-likeness (QED) is 0.299. The van der Waals surface area contributed by atoms with E-state index in [0.717, 1.165) is 6.42 Å². The van der Waals surface area contributed by atoms with Gasteiger partial charge in [0, 0.05) is 19.1 Å². The van der Waals surface area contributed by atoms with Crippen molar-refractivity contribution in [3.05, 3.63) is 0 Å². The highest BCUT2D eigenvalue weighted by atomic mass is 31.2. The first-order valence-electron chi connectivity index (χ1n) is 10.8. The fraction of sp³-hybridized carbons (Fsp3) is 0.842. The zero-order chi connectivity index (χ0) is 24.3. The Morgan fingerprint density at radius 3 is 1.94 bits per heavy atom. The van der Waals surface area contributed by atoms with Crippen molar-refractivity contribution in [2.75, 3.05) is 19.0 Å². The number of carbonyl (C=O) groups excluding carboxylic acids is 3. The molecule has 31 heavy (non-hydrogen) atoms. The Balaban J connectivity index is 3.17. The molecule has 0 aromatic rings. The smallest absolute Gasteiger partial charge is 0.296 e. The summed E-state index contributed by atoms with van der Waals surface area (Å²) in [6.45, 7) is 17.6. The van der Waals surface area contributed by atoms with E-state index in [-0.39, 0.29) is 24.8 Å². The molecule has 0 aromatic heterocycles. The van der Waals surface area contributed by atoms with Crippen LogP contribution in [0, 0.1) is 5.92 Å². The van der Waals surface area contributed by atoms with E-state index < -0.39 is 50.2 Å². The van der Waals surface area contributed by atoms with Gasteiger partial charge in [-0.25, -0.2) is 0 Å². The number of rotatable bonds is 11. The van der Waals surface area contributed by atoms with Crippen molar-refractivity contribution in [3.63, 3.8) is 0 Å². The van der Waals surface area contributed by atoms with Crippen LogP contribution in [0.15, 0.2) is 0 Å². The van der Waals surface area contributed by atoms with Crippen LogP contribution in [0.2, 0.25) is 58.9 Å². The molecule has 1 aliphatic heterocycles. The lowest BCUT2D eigenvalue weighted by Crippen LogP contribution is -2.38. The van der Waals surface area contributed by atoms with Gasteiger partial charge in [0.05, 0.1) is 18.6 Å². The highest BCUT2D eigenvalue weighted by Gasteiger charge is 2.41. The van der Waals surface area contributed by atoms with Gasteiger partial charge in [0.2, 0.25) is 29.9 Å². The van der Waals surface area contributed by atoms with Crippen LogP contribution >= 0.6 is 7.37 Å². The van der Waals surface area contributed by atoms with Gasteiger partial charge in [-0.1, -0.05) is 0 Å². The Labute approximate surface area is 190 Å². The number of hydrogen-bond acceptors (Lipinski definition) is 7. The van der Waals surface area contributed by atoms with Crippen LogP contribution in [0.5, 0.6) is 0 Å². The van der Waals surface area contributed by atoms with Crippen LogP contribution in [-0.2, 0) is 32.0 Å². The van der Waals surface area contributed by atoms with E-state index in [4.69, 9.17) is 13.1 Å². The van der Waals surface area contributed by atoms with Gasteiger partial charge in [0.1, 0.15) is 0 Å². The van der Waals surface area contributed by atoms with Gasteiger partial charge in [0.25, 0.3) is 11.9 Å². The van der Waals surface area contributed by atoms with E-state index in [9.17, 15) is 18.9 Å². The van der Waals surface area contributed by atoms with E-state index >= 15 is 0 Å². The number of amides is 1. The van der Waals surface area contributed by atoms with Gasteiger partial charge in [-0.05, 0) is 65.3 Å². The minimum absolute atomic E-state index is 0.0318. The average molecular weight is 510 g/mol. The zero-order valence-electron chi connectivity index (χ0n) is 20.6. The van der Waals surface area contributed by atoms with E-state index in [2.05, 4.69) is 0 Å². The Hall–Kier alpha value is -0.749. The molecule has 0 saturated carbocycles. The van der Waals surface area contributed by atoms with Gasteiger partial charge < -0.3 is 18.0 Å². The Morgan fingerprint density at radius 1 is 0.968 bits per heavy atom. The summed E-state index contributed by atoms with van der Waals surface area (Å²) in [6, 6.07) is 0. The summed E-state index contributed by atoms with van der Waals surface area (Å²) >= 11 is 0. The van der Waals surface area contributed by atoms with E-state index in [1.807, 2.05) is 58.9 Å².